The summed E-state index contributed by atoms with van der Waals surface area (Å²) in [4.78, 5) is 6.88. The molecule has 0 radical (unpaired) electrons. The maximum atomic E-state index is 4.38. The van der Waals surface area contributed by atoms with Gasteiger partial charge in [-0.05, 0) is 18.6 Å². The van der Waals surface area contributed by atoms with E-state index in [1.165, 1.54) is 11.1 Å². The lowest BCUT2D eigenvalue weighted by atomic mass is 10.2. The highest BCUT2D eigenvalue weighted by molar-refractivity contribution is 5.53. The van der Waals surface area contributed by atoms with Gasteiger partial charge in [0.25, 0.3) is 0 Å². The summed E-state index contributed by atoms with van der Waals surface area (Å²) in [6, 6.07) is 4.32. The first-order valence-corrected chi connectivity index (χ1v) is 6.19. The van der Waals surface area contributed by atoms with Crippen molar-refractivity contribution < 1.29 is 0 Å². The van der Waals surface area contributed by atoms with Crippen LogP contribution < -0.4 is 5.32 Å². The molecule has 1 aliphatic rings. The fourth-order valence-corrected chi connectivity index (χ4v) is 2.45. The normalized spacial score (nSPS) is 17.7. The van der Waals surface area contributed by atoms with Gasteiger partial charge >= 0.3 is 0 Å². The average Bonchev–Trinajstić information content (AvgIpc) is 2.74. The average molecular weight is 230 g/mol. The minimum atomic E-state index is 1.02. The SMILES string of the molecule is Cc1ncc2c(CN3CCNCC3)cccn12. The first-order chi connectivity index (χ1) is 8.34. The molecule has 1 aliphatic heterocycles. The lowest BCUT2D eigenvalue weighted by Crippen LogP contribution is -2.42. The van der Waals surface area contributed by atoms with E-state index in [2.05, 4.69) is 37.9 Å². The Morgan fingerprint density at radius 2 is 2.18 bits per heavy atom. The second-order valence-electron chi connectivity index (χ2n) is 4.62. The van der Waals surface area contributed by atoms with Gasteiger partial charge in [0.15, 0.2) is 0 Å². The number of nitrogens with zero attached hydrogens (tertiary/aromatic N) is 3. The summed E-state index contributed by atoms with van der Waals surface area (Å²) in [6.07, 6.45) is 4.06. The molecular formula is C13H18N4. The molecular weight excluding hydrogens is 212 g/mol. The van der Waals surface area contributed by atoms with Crippen LogP contribution in [-0.2, 0) is 6.54 Å². The molecule has 1 saturated heterocycles. The predicted octanol–water partition coefficient (Wildman–Crippen LogP) is 1.05. The number of pyridine rings is 1. The molecule has 4 heteroatoms. The number of rotatable bonds is 2. The highest BCUT2D eigenvalue weighted by atomic mass is 15.2. The van der Waals surface area contributed by atoms with Crippen LogP contribution in [0.1, 0.15) is 11.4 Å². The third-order valence-electron chi connectivity index (χ3n) is 3.45. The molecule has 0 saturated carbocycles. The minimum Gasteiger partial charge on any atom is -0.314 e. The van der Waals surface area contributed by atoms with Gasteiger partial charge in [0.05, 0.1) is 11.7 Å². The molecule has 0 spiro atoms. The Morgan fingerprint density at radius 3 is 3.00 bits per heavy atom. The predicted molar refractivity (Wildman–Crippen MR) is 68.1 cm³/mol. The molecule has 2 aromatic rings. The first kappa shape index (κ1) is 10.7. The number of hydrogen-bond donors (Lipinski definition) is 1. The number of fused-ring (bicyclic) bond motifs is 1. The third kappa shape index (κ3) is 2.06. The third-order valence-corrected chi connectivity index (χ3v) is 3.45. The molecule has 0 aliphatic carbocycles. The van der Waals surface area contributed by atoms with E-state index < -0.39 is 0 Å². The molecule has 4 nitrogen and oxygen atoms in total. The van der Waals surface area contributed by atoms with Gasteiger partial charge < -0.3 is 9.72 Å². The Balaban J connectivity index is 1.89. The zero-order valence-corrected chi connectivity index (χ0v) is 10.2. The maximum absolute atomic E-state index is 4.38. The van der Waals surface area contributed by atoms with Crippen LogP contribution in [0.5, 0.6) is 0 Å². The number of hydrogen-bond acceptors (Lipinski definition) is 3. The Morgan fingerprint density at radius 1 is 1.35 bits per heavy atom. The smallest absolute Gasteiger partial charge is 0.110 e. The fraction of sp³-hybridized carbons (Fsp3) is 0.462. The quantitative estimate of drug-likeness (QED) is 0.837. The van der Waals surface area contributed by atoms with Crippen LogP contribution in [0.25, 0.3) is 5.52 Å². The van der Waals surface area contributed by atoms with Crippen molar-refractivity contribution in [1.82, 2.24) is 19.6 Å². The molecule has 0 atom stereocenters. The van der Waals surface area contributed by atoms with Crippen molar-refractivity contribution in [3.63, 3.8) is 0 Å². The Labute approximate surface area is 101 Å². The second-order valence-corrected chi connectivity index (χ2v) is 4.62. The number of aromatic nitrogens is 2. The highest BCUT2D eigenvalue weighted by Gasteiger charge is 2.12. The van der Waals surface area contributed by atoms with Crippen LogP contribution in [0.2, 0.25) is 0 Å². The van der Waals surface area contributed by atoms with Gasteiger partial charge in [0, 0.05) is 38.9 Å². The first-order valence-electron chi connectivity index (χ1n) is 6.19. The van der Waals surface area contributed by atoms with E-state index in [-0.39, 0.29) is 0 Å². The van der Waals surface area contributed by atoms with Crippen molar-refractivity contribution in [2.24, 2.45) is 0 Å². The van der Waals surface area contributed by atoms with Gasteiger partial charge in [-0.1, -0.05) is 6.07 Å². The topological polar surface area (TPSA) is 32.6 Å². The van der Waals surface area contributed by atoms with Crippen molar-refractivity contribution in [2.45, 2.75) is 13.5 Å². The summed E-state index contributed by atoms with van der Waals surface area (Å²) in [5, 5.41) is 3.38. The van der Waals surface area contributed by atoms with Crippen LogP contribution in [0.15, 0.2) is 24.5 Å². The summed E-state index contributed by atoms with van der Waals surface area (Å²) < 4.78 is 2.16. The van der Waals surface area contributed by atoms with Gasteiger partial charge in [-0.2, -0.15) is 0 Å². The number of piperazine rings is 1. The number of aryl methyl sites for hydroxylation is 1. The lowest BCUT2D eigenvalue weighted by Gasteiger charge is -2.27. The Kier molecular flexibility index (Phi) is 2.82. The van der Waals surface area contributed by atoms with E-state index in [0.717, 1.165) is 38.5 Å². The van der Waals surface area contributed by atoms with E-state index in [0.29, 0.717) is 0 Å². The van der Waals surface area contributed by atoms with Gasteiger partial charge in [0.1, 0.15) is 5.82 Å². The summed E-state index contributed by atoms with van der Waals surface area (Å²) in [7, 11) is 0. The van der Waals surface area contributed by atoms with E-state index in [1.807, 2.05) is 13.1 Å². The molecule has 2 aromatic heterocycles. The molecule has 0 bridgehead atoms. The molecule has 17 heavy (non-hydrogen) atoms. The van der Waals surface area contributed by atoms with Crippen molar-refractivity contribution >= 4 is 5.52 Å². The molecule has 1 N–H and O–H groups in total. The van der Waals surface area contributed by atoms with Crippen molar-refractivity contribution in [2.75, 3.05) is 26.2 Å². The van der Waals surface area contributed by atoms with Crippen molar-refractivity contribution in [3.05, 3.63) is 35.9 Å². The number of imidazole rings is 1. The minimum absolute atomic E-state index is 1.02. The van der Waals surface area contributed by atoms with E-state index in [1.54, 1.807) is 0 Å². The van der Waals surface area contributed by atoms with E-state index in [9.17, 15) is 0 Å². The Hall–Kier alpha value is -1.39. The Bertz CT molecular complexity index is 511. The van der Waals surface area contributed by atoms with Crippen LogP contribution >= 0.6 is 0 Å². The van der Waals surface area contributed by atoms with Gasteiger partial charge in [-0.25, -0.2) is 4.98 Å². The van der Waals surface area contributed by atoms with Crippen molar-refractivity contribution in [3.8, 4) is 0 Å². The van der Waals surface area contributed by atoms with E-state index in [4.69, 9.17) is 0 Å². The molecule has 3 rings (SSSR count). The van der Waals surface area contributed by atoms with Gasteiger partial charge in [-0.15, -0.1) is 0 Å². The molecule has 0 amide bonds. The van der Waals surface area contributed by atoms with Crippen LogP contribution in [0, 0.1) is 6.92 Å². The molecule has 0 aromatic carbocycles. The molecule has 90 valence electrons. The lowest BCUT2D eigenvalue weighted by molar-refractivity contribution is 0.234. The van der Waals surface area contributed by atoms with Crippen LogP contribution in [-0.4, -0.2) is 40.5 Å². The van der Waals surface area contributed by atoms with E-state index >= 15 is 0 Å². The molecule has 3 heterocycles. The molecule has 0 unspecified atom stereocenters. The standard InChI is InChI=1S/C13H18N4/c1-11-15-9-13-12(3-2-6-17(11)13)10-16-7-4-14-5-8-16/h2-3,6,9,14H,4-5,7-8,10H2,1H3. The zero-order valence-electron chi connectivity index (χ0n) is 10.2. The summed E-state index contributed by atoms with van der Waals surface area (Å²) >= 11 is 0. The summed E-state index contributed by atoms with van der Waals surface area (Å²) in [6.45, 7) is 7.53. The highest BCUT2D eigenvalue weighted by Crippen LogP contribution is 2.14. The number of nitrogens with one attached hydrogen (secondary N) is 1. The van der Waals surface area contributed by atoms with Crippen molar-refractivity contribution in [1.29, 1.82) is 0 Å². The second kappa shape index (κ2) is 4.47. The fourth-order valence-electron chi connectivity index (χ4n) is 2.45. The van der Waals surface area contributed by atoms with Gasteiger partial charge in [0.2, 0.25) is 0 Å². The zero-order chi connectivity index (χ0) is 11.7. The van der Waals surface area contributed by atoms with Gasteiger partial charge in [-0.3, -0.25) is 4.90 Å². The van der Waals surface area contributed by atoms with Crippen LogP contribution in [0.4, 0.5) is 0 Å². The largest absolute Gasteiger partial charge is 0.314 e. The van der Waals surface area contributed by atoms with Crippen LogP contribution in [0.3, 0.4) is 0 Å². The summed E-state index contributed by atoms with van der Waals surface area (Å²) in [5.41, 5.74) is 2.61. The monoisotopic (exact) mass is 230 g/mol. The molecule has 1 fully saturated rings. The summed E-state index contributed by atoms with van der Waals surface area (Å²) in [5.74, 6) is 1.06. The maximum Gasteiger partial charge on any atom is 0.110 e.